The molecule has 5 heteroatoms. The standard InChI is InChI=1S/C18H36N4O/c1-6-23-15-13-14(18(15)9-7-8-10-18)22-16(19-5)20-11-12-21-17(2,3)4/h14-15,21H,6-13H2,1-5H3,(H2,19,20,22). The summed E-state index contributed by atoms with van der Waals surface area (Å²) in [6.45, 7) is 11.3. The number of ether oxygens (including phenoxy) is 1. The molecule has 3 N–H and O–H groups in total. The average Bonchev–Trinajstić information content (AvgIpc) is 3.00. The molecule has 5 nitrogen and oxygen atoms in total. The van der Waals surface area contributed by atoms with E-state index < -0.39 is 0 Å². The monoisotopic (exact) mass is 324 g/mol. The lowest BCUT2D eigenvalue weighted by atomic mass is 9.60. The van der Waals surface area contributed by atoms with E-state index in [4.69, 9.17) is 4.74 Å². The first kappa shape index (κ1) is 18.5. The largest absolute Gasteiger partial charge is 0.378 e. The maximum absolute atomic E-state index is 5.99. The van der Waals surface area contributed by atoms with E-state index >= 15 is 0 Å². The van der Waals surface area contributed by atoms with Gasteiger partial charge in [0.2, 0.25) is 0 Å². The average molecular weight is 325 g/mol. The Kier molecular flexibility index (Phi) is 6.32. The summed E-state index contributed by atoms with van der Waals surface area (Å²) in [5.41, 5.74) is 0.502. The summed E-state index contributed by atoms with van der Waals surface area (Å²) in [6.07, 6.45) is 6.80. The molecule has 0 aromatic rings. The first-order valence-corrected chi connectivity index (χ1v) is 9.25. The highest BCUT2D eigenvalue weighted by molar-refractivity contribution is 5.80. The molecule has 2 saturated carbocycles. The van der Waals surface area contributed by atoms with Gasteiger partial charge in [-0.3, -0.25) is 4.99 Å². The molecular formula is C18H36N4O. The highest BCUT2D eigenvalue weighted by atomic mass is 16.5. The molecule has 23 heavy (non-hydrogen) atoms. The van der Waals surface area contributed by atoms with Gasteiger partial charge in [0, 0.05) is 43.7 Å². The van der Waals surface area contributed by atoms with Crippen LogP contribution < -0.4 is 16.0 Å². The number of hydrogen-bond donors (Lipinski definition) is 3. The van der Waals surface area contributed by atoms with Crippen LogP contribution in [0.3, 0.4) is 0 Å². The molecule has 0 aromatic heterocycles. The van der Waals surface area contributed by atoms with E-state index in [9.17, 15) is 0 Å². The molecule has 2 fully saturated rings. The van der Waals surface area contributed by atoms with Gasteiger partial charge in [0.15, 0.2) is 5.96 Å². The van der Waals surface area contributed by atoms with Gasteiger partial charge < -0.3 is 20.7 Å². The second kappa shape index (κ2) is 7.84. The number of aliphatic imine (C=N–C) groups is 1. The minimum absolute atomic E-state index is 0.158. The fourth-order valence-electron chi connectivity index (χ4n) is 4.07. The van der Waals surface area contributed by atoms with Crippen molar-refractivity contribution in [2.45, 2.75) is 77.5 Å². The van der Waals surface area contributed by atoms with Crippen molar-refractivity contribution in [1.82, 2.24) is 16.0 Å². The molecule has 0 radical (unpaired) electrons. The van der Waals surface area contributed by atoms with Crippen molar-refractivity contribution in [3.8, 4) is 0 Å². The van der Waals surface area contributed by atoms with E-state index in [0.717, 1.165) is 32.1 Å². The molecule has 0 aromatic carbocycles. The van der Waals surface area contributed by atoms with Crippen LogP contribution in [0, 0.1) is 5.41 Å². The van der Waals surface area contributed by atoms with Crippen LogP contribution in [-0.2, 0) is 4.74 Å². The van der Waals surface area contributed by atoms with Gasteiger partial charge in [-0.25, -0.2) is 0 Å². The molecule has 1 spiro atoms. The van der Waals surface area contributed by atoms with E-state index in [1.807, 2.05) is 7.05 Å². The van der Waals surface area contributed by atoms with Gasteiger partial charge in [-0.15, -0.1) is 0 Å². The number of guanidine groups is 1. The van der Waals surface area contributed by atoms with Crippen LogP contribution in [0.15, 0.2) is 4.99 Å². The summed E-state index contributed by atoms with van der Waals surface area (Å²) in [5.74, 6) is 0.923. The summed E-state index contributed by atoms with van der Waals surface area (Å²) in [5, 5.41) is 10.6. The summed E-state index contributed by atoms with van der Waals surface area (Å²) in [6, 6.07) is 0.503. The molecule has 2 atom stereocenters. The van der Waals surface area contributed by atoms with Crippen molar-refractivity contribution >= 4 is 5.96 Å². The van der Waals surface area contributed by atoms with Crippen molar-refractivity contribution < 1.29 is 4.74 Å². The van der Waals surface area contributed by atoms with Crippen LogP contribution in [0.25, 0.3) is 0 Å². The second-order valence-corrected chi connectivity index (χ2v) is 7.99. The Balaban J connectivity index is 1.80. The smallest absolute Gasteiger partial charge is 0.191 e. The summed E-state index contributed by atoms with van der Waals surface area (Å²) < 4.78 is 5.99. The van der Waals surface area contributed by atoms with Crippen molar-refractivity contribution in [2.75, 3.05) is 26.7 Å². The van der Waals surface area contributed by atoms with Gasteiger partial charge >= 0.3 is 0 Å². The highest BCUT2D eigenvalue weighted by Crippen LogP contribution is 2.54. The molecule has 2 rings (SSSR count). The third-order valence-corrected chi connectivity index (χ3v) is 5.29. The maximum Gasteiger partial charge on any atom is 0.191 e. The minimum atomic E-state index is 0.158. The fraction of sp³-hybridized carbons (Fsp3) is 0.944. The predicted octanol–water partition coefficient (Wildman–Crippen LogP) is 2.28. The van der Waals surface area contributed by atoms with Crippen molar-refractivity contribution in [3.05, 3.63) is 0 Å². The van der Waals surface area contributed by atoms with Crippen LogP contribution in [-0.4, -0.2) is 50.4 Å². The Bertz CT molecular complexity index is 396. The van der Waals surface area contributed by atoms with Gasteiger partial charge in [0.05, 0.1) is 6.10 Å². The molecule has 0 heterocycles. The maximum atomic E-state index is 5.99. The topological polar surface area (TPSA) is 57.7 Å². The van der Waals surface area contributed by atoms with Crippen LogP contribution in [0.5, 0.6) is 0 Å². The Morgan fingerprint density at radius 2 is 1.91 bits per heavy atom. The SMILES string of the molecule is CCOC1CC(NC(=NC)NCCNC(C)(C)C)C12CCCC2. The Hall–Kier alpha value is -0.810. The molecule has 0 saturated heterocycles. The Morgan fingerprint density at radius 3 is 2.48 bits per heavy atom. The zero-order chi connectivity index (χ0) is 16.9. The Labute approximate surface area is 142 Å². The van der Waals surface area contributed by atoms with Crippen LogP contribution in [0.2, 0.25) is 0 Å². The summed E-state index contributed by atoms with van der Waals surface area (Å²) in [7, 11) is 1.85. The van der Waals surface area contributed by atoms with E-state index in [-0.39, 0.29) is 5.54 Å². The van der Waals surface area contributed by atoms with Crippen molar-refractivity contribution in [2.24, 2.45) is 10.4 Å². The molecule has 0 amide bonds. The van der Waals surface area contributed by atoms with Crippen LogP contribution in [0.1, 0.15) is 59.8 Å². The number of rotatable bonds is 6. The third-order valence-electron chi connectivity index (χ3n) is 5.29. The highest BCUT2D eigenvalue weighted by Gasteiger charge is 2.56. The lowest BCUT2D eigenvalue weighted by molar-refractivity contribution is -0.125. The molecule has 2 aliphatic rings. The van der Waals surface area contributed by atoms with Crippen LogP contribution in [0.4, 0.5) is 0 Å². The number of nitrogens with one attached hydrogen (secondary N) is 3. The van der Waals surface area contributed by atoms with E-state index in [1.165, 1.54) is 25.7 Å². The molecule has 0 aliphatic heterocycles. The van der Waals surface area contributed by atoms with Gasteiger partial charge in [0.1, 0.15) is 0 Å². The van der Waals surface area contributed by atoms with Crippen LogP contribution >= 0.6 is 0 Å². The zero-order valence-electron chi connectivity index (χ0n) is 15.7. The van der Waals surface area contributed by atoms with Crippen molar-refractivity contribution in [3.63, 3.8) is 0 Å². The first-order valence-electron chi connectivity index (χ1n) is 9.25. The Morgan fingerprint density at radius 1 is 1.22 bits per heavy atom. The van der Waals surface area contributed by atoms with E-state index in [2.05, 4.69) is 48.6 Å². The van der Waals surface area contributed by atoms with Gasteiger partial charge in [-0.1, -0.05) is 12.8 Å². The van der Waals surface area contributed by atoms with Gasteiger partial charge in [-0.05, 0) is 47.0 Å². The normalized spacial score (nSPS) is 27.1. The number of nitrogens with zero attached hydrogens (tertiary/aromatic N) is 1. The molecule has 0 bridgehead atoms. The molecule has 2 aliphatic carbocycles. The number of hydrogen-bond acceptors (Lipinski definition) is 3. The van der Waals surface area contributed by atoms with Gasteiger partial charge in [0.25, 0.3) is 0 Å². The lowest BCUT2D eigenvalue weighted by Gasteiger charge is -2.54. The molecular weight excluding hydrogens is 288 g/mol. The first-order chi connectivity index (χ1) is 10.9. The van der Waals surface area contributed by atoms with Gasteiger partial charge in [-0.2, -0.15) is 0 Å². The summed E-state index contributed by atoms with van der Waals surface area (Å²) in [4.78, 5) is 4.40. The van der Waals surface area contributed by atoms with Crippen molar-refractivity contribution in [1.29, 1.82) is 0 Å². The van der Waals surface area contributed by atoms with E-state index in [0.29, 0.717) is 17.6 Å². The predicted molar refractivity (Wildman–Crippen MR) is 97.0 cm³/mol. The second-order valence-electron chi connectivity index (χ2n) is 7.99. The van der Waals surface area contributed by atoms with E-state index in [1.54, 1.807) is 0 Å². The minimum Gasteiger partial charge on any atom is -0.378 e. The lowest BCUT2D eigenvalue weighted by Crippen LogP contribution is -2.65. The summed E-state index contributed by atoms with van der Waals surface area (Å²) >= 11 is 0. The third kappa shape index (κ3) is 4.60. The molecule has 2 unspecified atom stereocenters. The zero-order valence-corrected chi connectivity index (χ0v) is 15.7. The molecule has 134 valence electrons. The quantitative estimate of drug-likeness (QED) is 0.398. The fourth-order valence-corrected chi connectivity index (χ4v) is 4.07.